The summed E-state index contributed by atoms with van der Waals surface area (Å²) in [5.74, 6) is 1.13. The Kier molecular flexibility index (Phi) is 6.81. The van der Waals surface area contributed by atoms with E-state index >= 15 is 0 Å². The van der Waals surface area contributed by atoms with Crippen LogP contribution in [-0.4, -0.2) is 38.7 Å². The van der Waals surface area contributed by atoms with Crippen molar-refractivity contribution in [2.45, 2.75) is 19.8 Å². The van der Waals surface area contributed by atoms with Crippen molar-refractivity contribution in [1.29, 1.82) is 0 Å². The van der Waals surface area contributed by atoms with Crippen molar-refractivity contribution in [3.63, 3.8) is 0 Å². The standard InChI is InChI=1S/C15H25FN2O/c1-12(6-8-17)11-18(2)9-7-13-10-14(16)4-5-15(13)19-3/h4-5,10,12H,6-9,11,17H2,1-3H3. The normalized spacial score (nSPS) is 12.7. The van der Waals surface area contributed by atoms with Crippen LogP contribution in [0.5, 0.6) is 5.75 Å². The van der Waals surface area contributed by atoms with E-state index in [9.17, 15) is 4.39 Å². The monoisotopic (exact) mass is 268 g/mol. The maximum absolute atomic E-state index is 13.2. The highest BCUT2D eigenvalue weighted by atomic mass is 19.1. The summed E-state index contributed by atoms with van der Waals surface area (Å²) in [4.78, 5) is 2.25. The number of nitrogens with zero attached hydrogens (tertiary/aromatic N) is 1. The first kappa shape index (κ1) is 15.9. The SMILES string of the molecule is COc1ccc(F)cc1CCN(C)CC(C)CCN. The van der Waals surface area contributed by atoms with E-state index in [2.05, 4.69) is 18.9 Å². The molecule has 2 N–H and O–H groups in total. The number of methoxy groups -OCH3 is 1. The highest BCUT2D eigenvalue weighted by Crippen LogP contribution is 2.20. The van der Waals surface area contributed by atoms with Crippen molar-refractivity contribution < 1.29 is 9.13 Å². The minimum atomic E-state index is -0.213. The molecule has 4 heteroatoms. The zero-order valence-corrected chi connectivity index (χ0v) is 12.2. The van der Waals surface area contributed by atoms with Gasteiger partial charge < -0.3 is 15.4 Å². The molecule has 108 valence electrons. The number of rotatable bonds is 8. The Morgan fingerprint density at radius 2 is 2.16 bits per heavy atom. The second-order valence-electron chi connectivity index (χ2n) is 5.15. The second kappa shape index (κ2) is 8.12. The smallest absolute Gasteiger partial charge is 0.123 e. The predicted molar refractivity (Wildman–Crippen MR) is 77.0 cm³/mol. The number of likely N-dealkylation sites (N-methyl/N-ethyl adjacent to an activating group) is 1. The summed E-state index contributed by atoms with van der Waals surface area (Å²) in [6, 6.07) is 4.66. The summed E-state index contributed by atoms with van der Waals surface area (Å²) in [6.07, 6.45) is 1.82. The molecule has 0 saturated carbocycles. The molecule has 1 aromatic rings. The molecular weight excluding hydrogens is 243 g/mol. The van der Waals surface area contributed by atoms with Crippen molar-refractivity contribution in [2.24, 2.45) is 11.7 Å². The van der Waals surface area contributed by atoms with E-state index in [1.807, 2.05) is 0 Å². The summed E-state index contributed by atoms with van der Waals surface area (Å²) in [5.41, 5.74) is 6.47. The van der Waals surface area contributed by atoms with Crippen molar-refractivity contribution in [2.75, 3.05) is 33.8 Å². The van der Waals surface area contributed by atoms with E-state index in [-0.39, 0.29) is 5.82 Å². The fourth-order valence-corrected chi connectivity index (χ4v) is 2.25. The Balaban J connectivity index is 2.49. The number of halogens is 1. The summed E-state index contributed by atoms with van der Waals surface area (Å²) >= 11 is 0. The molecule has 3 nitrogen and oxygen atoms in total. The lowest BCUT2D eigenvalue weighted by Crippen LogP contribution is -2.27. The van der Waals surface area contributed by atoms with E-state index < -0.39 is 0 Å². The Bertz CT molecular complexity index is 384. The third-order valence-corrected chi connectivity index (χ3v) is 3.29. The predicted octanol–water partition coefficient (Wildman–Crippen LogP) is 2.29. The molecule has 0 aliphatic rings. The average Bonchev–Trinajstić information content (AvgIpc) is 2.36. The maximum atomic E-state index is 13.2. The topological polar surface area (TPSA) is 38.5 Å². The van der Waals surface area contributed by atoms with Crippen LogP contribution < -0.4 is 10.5 Å². The van der Waals surface area contributed by atoms with Crippen LogP contribution in [0.4, 0.5) is 4.39 Å². The van der Waals surface area contributed by atoms with Crippen LogP contribution in [-0.2, 0) is 6.42 Å². The highest BCUT2D eigenvalue weighted by molar-refractivity contribution is 5.34. The van der Waals surface area contributed by atoms with E-state index in [1.165, 1.54) is 6.07 Å². The molecule has 1 aromatic carbocycles. The first-order chi connectivity index (χ1) is 9.06. The molecule has 19 heavy (non-hydrogen) atoms. The molecule has 1 atom stereocenters. The van der Waals surface area contributed by atoms with Crippen molar-refractivity contribution in [1.82, 2.24) is 4.90 Å². The Labute approximate surface area is 115 Å². The molecular formula is C15H25FN2O. The Morgan fingerprint density at radius 1 is 1.42 bits per heavy atom. The summed E-state index contributed by atoms with van der Waals surface area (Å²) in [7, 11) is 3.70. The molecule has 0 heterocycles. The molecule has 0 aromatic heterocycles. The van der Waals surface area contributed by atoms with Gasteiger partial charge in [-0.25, -0.2) is 4.39 Å². The van der Waals surface area contributed by atoms with Gasteiger partial charge in [0.15, 0.2) is 0 Å². The first-order valence-corrected chi connectivity index (χ1v) is 6.77. The van der Waals surface area contributed by atoms with Crippen LogP contribution in [0.1, 0.15) is 18.9 Å². The van der Waals surface area contributed by atoms with Crippen LogP contribution in [0.25, 0.3) is 0 Å². The average molecular weight is 268 g/mol. The molecule has 0 fully saturated rings. The van der Waals surface area contributed by atoms with Crippen LogP contribution in [0.2, 0.25) is 0 Å². The highest BCUT2D eigenvalue weighted by Gasteiger charge is 2.09. The molecule has 0 radical (unpaired) electrons. The van der Waals surface area contributed by atoms with Gasteiger partial charge in [0.05, 0.1) is 7.11 Å². The van der Waals surface area contributed by atoms with Crippen molar-refractivity contribution in [3.05, 3.63) is 29.6 Å². The molecule has 0 aliphatic carbocycles. The van der Waals surface area contributed by atoms with Crippen molar-refractivity contribution >= 4 is 0 Å². The fraction of sp³-hybridized carbons (Fsp3) is 0.600. The molecule has 0 aliphatic heterocycles. The molecule has 1 unspecified atom stereocenters. The van der Waals surface area contributed by atoms with Crippen LogP contribution in [0.3, 0.4) is 0 Å². The van der Waals surface area contributed by atoms with Crippen LogP contribution in [0, 0.1) is 11.7 Å². The summed E-state index contributed by atoms with van der Waals surface area (Å²) in [5, 5.41) is 0. The summed E-state index contributed by atoms with van der Waals surface area (Å²) in [6.45, 7) is 4.82. The zero-order valence-electron chi connectivity index (χ0n) is 12.2. The molecule has 0 bridgehead atoms. The third-order valence-electron chi connectivity index (χ3n) is 3.29. The quantitative estimate of drug-likeness (QED) is 0.786. The van der Waals surface area contributed by atoms with Crippen LogP contribution in [0.15, 0.2) is 18.2 Å². The van der Waals surface area contributed by atoms with Gasteiger partial charge in [-0.1, -0.05) is 6.92 Å². The van der Waals surface area contributed by atoms with Gasteiger partial charge in [0.1, 0.15) is 11.6 Å². The van der Waals surface area contributed by atoms with Gasteiger partial charge in [-0.2, -0.15) is 0 Å². The number of hydrogen-bond donors (Lipinski definition) is 1. The van der Waals surface area contributed by atoms with Crippen LogP contribution >= 0.6 is 0 Å². The molecule has 0 saturated heterocycles. The Morgan fingerprint density at radius 3 is 2.79 bits per heavy atom. The van der Waals surface area contributed by atoms with Gasteiger partial charge in [-0.3, -0.25) is 0 Å². The molecule has 0 amide bonds. The first-order valence-electron chi connectivity index (χ1n) is 6.77. The van der Waals surface area contributed by atoms with Gasteiger partial charge in [-0.15, -0.1) is 0 Å². The van der Waals surface area contributed by atoms with Gasteiger partial charge >= 0.3 is 0 Å². The lowest BCUT2D eigenvalue weighted by Gasteiger charge is -2.21. The third kappa shape index (κ3) is 5.57. The lowest BCUT2D eigenvalue weighted by molar-refractivity contribution is 0.281. The van der Waals surface area contributed by atoms with E-state index in [0.717, 1.165) is 43.8 Å². The van der Waals surface area contributed by atoms with Crippen molar-refractivity contribution in [3.8, 4) is 5.75 Å². The molecule has 1 rings (SSSR count). The largest absolute Gasteiger partial charge is 0.496 e. The second-order valence-corrected chi connectivity index (χ2v) is 5.15. The Hall–Kier alpha value is -1.13. The zero-order chi connectivity index (χ0) is 14.3. The maximum Gasteiger partial charge on any atom is 0.123 e. The minimum Gasteiger partial charge on any atom is -0.496 e. The number of hydrogen-bond acceptors (Lipinski definition) is 3. The number of nitrogens with two attached hydrogens (primary N) is 1. The van der Waals surface area contributed by atoms with E-state index in [0.29, 0.717) is 5.92 Å². The van der Waals surface area contributed by atoms with Gasteiger partial charge in [0, 0.05) is 13.1 Å². The summed E-state index contributed by atoms with van der Waals surface area (Å²) < 4.78 is 18.5. The van der Waals surface area contributed by atoms with Gasteiger partial charge in [-0.05, 0) is 56.1 Å². The fourth-order valence-electron chi connectivity index (χ4n) is 2.25. The number of ether oxygens (including phenoxy) is 1. The van der Waals surface area contributed by atoms with Gasteiger partial charge in [0.25, 0.3) is 0 Å². The lowest BCUT2D eigenvalue weighted by atomic mass is 10.1. The molecule has 0 spiro atoms. The minimum absolute atomic E-state index is 0.213. The van der Waals surface area contributed by atoms with E-state index in [1.54, 1.807) is 19.2 Å². The van der Waals surface area contributed by atoms with Gasteiger partial charge in [0.2, 0.25) is 0 Å². The van der Waals surface area contributed by atoms with E-state index in [4.69, 9.17) is 10.5 Å². The number of benzene rings is 1.